The normalized spacial score (nSPS) is 11.4. The van der Waals surface area contributed by atoms with Crippen LogP contribution in [0.1, 0.15) is 33.6 Å². The second-order valence-electron chi connectivity index (χ2n) is 6.15. The fourth-order valence-electron chi connectivity index (χ4n) is 2.66. The number of aromatic nitrogens is 4. The third-order valence-corrected chi connectivity index (χ3v) is 4.41. The number of carbonyl (C=O) groups excluding carboxylic acids is 2. The Kier molecular flexibility index (Phi) is 5.83. The van der Waals surface area contributed by atoms with Crippen LogP contribution in [0.5, 0.6) is 0 Å². The van der Waals surface area contributed by atoms with E-state index in [4.69, 9.17) is 11.6 Å². The van der Waals surface area contributed by atoms with Crippen molar-refractivity contribution in [2.24, 2.45) is 7.05 Å². The Morgan fingerprint density at radius 2 is 1.77 bits per heavy atom. The summed E-state index contributed by atoms with van der Waals surface area (Å²) in [4.78, 5) is 25.3. The highest BCUT2D eigenvalue weighted by Gasteiger charge is 2.40. The Morgan fingerprint density at radius 3 is 2.33 bits per heavy atom. The van der Waals surface area contributed by atoms with Gasteiger partial charge in [0.25, 0.3) is 11.8 Å². The molecule has 0 saturated heterocycles. The summed E-state index contributed by atoms with van der Waals surface area (Å²) in [6.07, 6.45) is -3.42. The van der Waals surface area contributed by atoms with Crippen molar-refractivity contribution in [2.45, 2.75) is 19.6 Å². The van der Waals surface area contributed by atoms with E-state index in [-0.39, 0.29) is 11.4 Å². The Labute approximate surface area is 173 Å². The molecule has 1 aromatic carbocycles. The van der Waals surface area contributed by atoms with Gasteiger partial charge in [-0.2, -0.15) is 23.4 Å². The minimum Gasteiger partial charge on any atom is -0.321 e. The molecular weight excluding hydrogens is 425 g/mol. The first kappa shape index (κ1) is 21.4. The first-order valence-electron chi connectivity index (χ1n) is 8.66. The highest BCUT2D eigenvalue weighted by atomic mass is 35.5. The van der Waals surface area contributed by atoms with Crippen LogP contribution in [0.25, 0.3) is 0 Å². The maximum atomic E-state index is 13.0. The third kappa shape index (κ3) is 4.30. The van der Waals surface area contributed by atoms with Gasteiger partial charge in [0.1, 0.15) is 10.7 Å². The fraction of sp³-hybridized carbons (Fsp3) is 0.222. The maximum absolute atomic E-state index is 13.0. The summed E-state index contributed by atoms with van der Waals surface area (Å²) in [6, 6.07) is 8.57. The number of carbonyl (C=O) groups is 2. The highest BCUT2D eigenvalue weighted by Crippen LogP contribution is 2.35. The molecule has 8 nitrogen and oxygen atoms in total. The molecule has 0 bridgehead atoms. The molecule has 0 atom stereocenters. The molecule has 3 rings (SSSR count). The minimum atomic E-state index is -4.82. The topological polar surface area (TPSA) is 93.8 Å². The van der Waals surface area contributed by atoms with E-state index in [2.05, 4.69) is 20.8 Å². The van der Waals surface area contributed by atoms with Gasteiger partial charge in [-0.05, 0) is 19.1 Å². The van der Waals surface area contributed by atoms with E-state index in [0.717, 1.165) is 11.7 Å². The number of halogens is 4. The molecule has 2 heterocycles. The van der Waals surface area contributed by atoms with E-state index in [1.54, 1.807) is 37.3 Å². The van der Waals surface area contributed by atoms with Crippen molar-refractivity contribution in [1.29, 1.82) is 0 Å². The smallest absolute Gasteiger partial charge is 0.321 e. The molecule has 3 aromatic rings. The van der Waals surface area contributed by atoms with Crippen LogP contribution in [-0.2, 0) is 19.8 Å². The molecule has 0 spiro atoms. The summed E-state index contributed by atoms with van der Waals surface area (Å²) < 4.78 is 41.1. The van der Waals surface area contributed by atoms with Gasteiger partial charge in [0.15, 0.2) is 11.4 Å². The lowest BCUT2D eigenvalue weighted by molar-refractivity contribution is -0.141. The van der Waals surface area contributed by atoms with Gasteiger partial charge >= 0.3 is 6.18 Å². The van der Waals surface area contributed by atoms with Crippen LogP contribution in [0, 0.1) is 0 Å². The van der Waals surface area contributed by atoms with Crippen LogP contribution in [0.3, 0.4) is 0 Å². The second-order valence-corrected chi connectivity index (χ2v) is 6.53. The van der Waals surface area contributed by atoms with E-state index in [0.29, 0.717) is 12.2 Å². The number of nitrogens with zero attached hydrogens (tertiary/aromatic N) is 4. The molecule has 0 fully saturated rings. The van der Waals surface area contributed by atoms with Gasteiger partial charge in [0, 0.05) is 25.5 Å². The number of benzene rings is 1. The fourth-order valence-corrected chi connectivity index (χ4v) is 3.01. The van der Waals surface area contributed by atoms with E-state index in [1.807, 2.05) is 0 Å². The van der Waals surface area contributed by atoms with Gasteiger partial charge in [0.2, 0.25) is 0 Å². The lowest BCUT2D eigenvalue weighted by Crippen LogP contribution is -2.20. The second kappa shape index (κ2) is 8.19. The molecule has 0 aliphatic heterocycles. The number of nitrogens with one attached hydrogen (secondary N) is 2. The molecule has 12 heteroatoms. The van der Waals surface area contributed by atoms with Crippen LogP contribution in [0.2, 0.25) is 5.02 Å². The number of aryl methyl sites for hydroxylation is 2. The molecule has 0 unspecified atom stereocenters. The van der Waals surface area contributed by atoms with Gasteiger partial charge in [-0.25, -0.2) is 0 Å². The molecule has 158 valence electrons. The monoisotopic (exact) mass is 440 g/mol. The third-order valence-electron chi connectivity index (χ3n) is 4.05. The van der Waals surface area contributed by atoms with E-state index >= 15 is 0 Å². The number of alkyl halides is 3. The van der Waals surface area contributed by atoms with Crippen molar-refractivity contribution in [3.8, 4) is 0 Å². The van der Waals surface area contributed by atoms with Crippen LogP contribution in [0.15, 0.2) is 36.5 Å². The van der Waals surface area contributed by atoms with Gasteiger partial charge in [-0.1, -0.05) is 29.8 Å². The Morgan fingerprint density at radius 1 is 1.10 bits per heavy atom. The van der Waals surface area contributed by atoms with Crippen molar-refractivity contribution < 1.29 is 22.8 Å². The Balaban J connectivity index is 1.90. The van der Waals surface area contributed by atoms with Crippen molar-refractivity contribution in [3.63, 3.8) is 0 Å². The molecule has 0 aliphatic carbocycles. The molecule has 0 radical (unpaired) electrons. The molecule has 2 amide bonds. The summed E-state index contributed by atoms with van der Waals surface area (Å²) >= 11 is 5.75. The predicted molar refractivity (Wildman–Crippen MR) is 103 cm³/mol. The molecule has 0 aliphatic rings. The number of anilines is 2. The summed E-state index contributed by atoms with van der Waals surface area (Å²) in [6.45, 7) is 2.16. The lowest BCUT2D eigenvalue weighted by atomic mass is 10.2. The zero-order valence-electron chi connectivity index (χ0n) is 15.8. The molecule has 2 aromatic heterocycles. The van der Waals surface area contributed by atoms with Gasteiger partial charge in [-0.15, -0.1) is 0 Å². The first-order valence-corrected chi connectivity index (χ1v) is 9.04. The summed E-state index contributed by atoms with van der Waals surface area (Å²) in [5, 5.41) is 11.6. The van der Waals surface area contributed by atoms with Crippen LogP contribution >= 0.6 is 11.6 Å². The first-order chi connectivity index (χ1) is 14.1. The molecule has 0 saturated carbocycles. The van der Waals surface area contributed by atoms with Crippen LogP contribution < -0.4 is 10.6 Å². The van der Waals surface area contributed by atoms with Crippen LogP contribution in [0.4, 0.5) is 24.5 Å². The van der Waals surface area contributed by atoms with Crippen molar-refractivity contribution in [3.05, 3.63) is 58.6 Å². The van der Waals surface area contributed by atoms with Crippen molar-refractivity contribution >= 4 is 34.8 Å². The van der Waals surface area contributed by atoms with Crippen molar-refractivity contribution in [2.75, 3.05) is 10.6 Å². The number of hydrogen-bond acceptors (Lipinski definition) is 4. The quantitative estimate of drug-likeness (QED) is 0.630. The van der Waals surface area contributed by atoms with E-state index < -0.39 is 34.4 Å². The SMILES string of the molecule is CCn1cc(NC(=O)c2c(Cl)c(C(F)(F)F)nn2C)c(C(=O)Nc2ccccc2)n1. The highest BCUT2D eigenvalue weighted by molar-refractivity contribution is 6.35. The molecule has 2 N–H and O–H groups in total. The van der Waals surface area contributed by atoms with E-state index in [9.17, 15) is 22.8 Å². The summed E-state index contributed by atoms with van der Waals surface area (Å²) in [7, 11) is 1.16. The van der Waals surface area contributed by atoms with Gasteiger partial charge < -0.3 is 10.6 Å². The van der Waals surface area contributed by atoms with E-state index in [1.165, 1.54) is 10.9 Å². The molecular formula is C18H16ClF3N6O2. The number of amides is 2. The minimum absolute atomic E-state index is 0.0149. The van der Waals surface area contributed by atoms with Crippen molar-refractivity contribution in [1.82, 2.24) is 19.6 Å². The summed E-state index contributed by atoms with van der Waals surface area (Å²) in [5.74, 6) is -1.56. The largest absolute Gasteiger partial charge is 0.436 e. The number of hydrogen-bond donors (Lipinski definition) is 2. The standard InChI is InChI=1S/C18H16ClF3N6O2/c1-3-28-9-11(13(25-28)16(29)23-10-7-5-4-6-8-10)24-17(30)14-12(19)15(18(20,21)22)26-27(14)2/h4-9H,3H2,1-2H3,(H,23,29)(H,24,30). The lowest BCUT2D eigenvalue weighted by Gasteiger charge is -2.07. The maximum Gasteiger partial charge on any atom is 0.436 e. The zero-order chi connectivity index (χ0) is 22.1. The average molecular weight is 441 g/mol. The van der Waals surface area contributed by atoms with Crippen LogP contribution in [-0.4, -0.2) is 31.4 Å². The molecule has 30 heavy (non-hydrogen) atoms. The summed E-state index contributed by atoms with van der Waals surface area (Å²) in [5.41, 5.74) is -1.45. The Hall–Kier alpha value is -3.34. The van der Waals surface area contributed by atoms with Gasteiger partial charge in [-0.3, -0.25) is 19.0 Å². The number of rotatable bonds is 5. The Bertz CT molecular complexity index is 1090. The predicted octanol–water partition coefficient (Wildman–Crippen LogP) is 3.81. The number of para-hydroxylation sites is 1. The average Bonchev–Trinajstić information content (AvgIpc) is 3.22. The van der Waals surface area contributed by atoms with Gasteiger partial charge in [0.05, 0.1) is 5.69 Å². The zero-order valence-corrected chi connectivity index (χ0v) is 16.5.